The van der Waals surface area contributed by atoms with Crippen molar-refractivity contribution in [3.05, 3.63) is 34.3 Å². The molecule has 0 aliphatic carbocycles. The van der Waals surface area contributed by atoms with E-state index in [0.29, 0.717) is 0 Å². The first kappa shape index (κ1) is 17.9. The largest absolute Gasteiger partial charge is 0.468 e. The smallest absolute Gasteiger partial charge is 0.325 e. The Labute approximate surface area is 143 Å². The van der Waals surface area contributed by atoms with Crippen LogP contribution in [0.25, 0.3) is 0 Å². The summed E-state index contributed by atoms with van der Waals surface area (Å²) in [6, 6.07) is 6.73. The van der Waals surface area contributed by atoms with Crippen molar-refractivity contribution in [2.75, 3.05) is 21.3 Å². The molecule has 0 N–H and O–H groups in total. The number of hydrogen-bond acceptors (Lipinski definition) is 6. The molecule has 23 heavy (non-hydrogen) atoms. The minimum absolute atomic E-state index is 0.178. The van der Waals surface area contributed by atoms with E-state index < -0.39 is 23.4 Å². The first-order valence-electron chi connectivity index (χ1n) is 7.18. The van der Waals surface area contributed by atoms with Crippen LogP contribution in [-0.2, 0) is 23.9 Å². The number of nitrogens with zero attached hydrogens (tertiary/aromatic N) is 1. The Morgan fingerprint density at radius 1 is 1.22 bits per heavy atom. The van der Waals surface area contributed by atoms with Gasteiger partial charge in [-0.05, 0) is 24.6 Å². The standard InChI is InChI=1S/C16H20BrNO5/c1-10-9-16(14(19)21-3,15(20)22-4)13(18(2)23-10)11-5-7-12(17)8-6-11/h5-8,10,13H,9H2,1-4H3/t10?,13-/m1/s1. The van der Waals surface area contributed by atoms with Crippen molar-refractivity contribution in [3.8, 4) is 0 Å². The number of esters is 2. The lowest BCUT2D eigenvalue weighted by molar-refractivity contribution is -0.270. The van der Waals surface area contributed by atoms with Gasteiger partial charge in [-0.1, -0.05) is 28.1 Å². The van der Waals surface area contributed by atoms with Crippen molar-refractivity contribution < 1.29 is 23.9 Å². The summed E-state index contributed by atoms with van der Waals surface area (Å²) in [7, 11) is 4.24. The maximum atomic E-state index is 12.6. The summed E-state index contributed by atoms with van der Waals surface area (Å²) in [5.74, 6) is -1.25. The van der Waals surface area contributed by atoms with E-state index in [0.717, 1.165) is 10.0 Å². The lowest BCUT2D eigenvalue weighted by Crippen LogP contribution is -2.57. The second kappa shape index (κ2) is 6.98. The molecule has 0 spiro atoms. The summed E-state index contributed by atoms with van der Waals surface area (Å²) in [5.41, 5.74) is -0.720. The second-order valence-electron chi connectivity index (χ2n) is 5.57. The molecule has 1 saturated heterocycles. The Kier molecular flexibility index (Phi) is 5.44. The highest BCUT2D eigenvalue weighted by Gasteiger charge is 2.60. The van der Waals surface area contributed by atoms with E-state index >= 15 is 0 Å². The lowest BCUT2D eigenvalue weighted by atomic mass is 9.71. The van der Waals surface area contributed by atoms with Crippen LogP contribution in [0.15, 0.2) is 28.7 Å². The predicted octanol–water partition coefficient (Wildman–Crippen LogP) is 2.48. The van der Waals surface area contributed by atoms with Gasteiger partial charge in [0.25, 0.3) is 0 Å². The number of rotatable bonds is 3. The van der Waals surface area contributed by atoms with Gasteiger partial charge in [-0.3, -0.25) is 14.4 Å². The third-order valence-corrected chi connectivity index (χ3v) is 4.60. The molecule has 1 unspecified atom stereocenters. The number of hydroxylamine groups is 2. The van der Waals surface area contributed by atoms with Crippen molar-refractivity contribution in [1.29, 1.82) is 0 Å². The number of ether oxygens (including phenoxy) is 2. The molecule has 0 bridgehead atoms. The van der Waals surface area contributed by atoms with Crippen LogP contribution in [-0.4, -0.2) is 44.4 Å². The number of carbonyl (C=O) groups excluding carboxylic acids is 2. The molecule has 1 aromatic carbocycles. The Morgan fingerprint density at radius 2 is 1.74 bits per heavy atom. The van der Waals surface area contributed by atoms with E-state index in [1.54, 1.807) is 14.0 Å². The molecule has 0 saturated carbocycles. The maximum absolute atomic E-state index is 12.6. The van der Waals surface area contributed by atoms with Gasteiger partial charge in [0.15, 0.2) is 5.41 Å². The molecule has 1 aliphatic heterocycles. The van der Waals surface area contributed by atoms with Crippen LogP contribution in [0.1, 0.15) is 24.9 Å². The molecule has 0 radical (unpaired) electrons. The molecule has 1 aliphatic rings. The van der Waals surface area contributed by atoms with Gasteiger partial charge in [0.05, 0.1) is 26.4 Å². The zero-order valence-corrected chi connectivity index (χ0v) is 15.1. The first-order chi connectivity index (χ1) is 10.9. The number of carbonyl (C=O) groups is 2. The highest BCUT2D eigenvalue weighted by molar-refractivity contribution is 9.10. The number of benzene rings is 1. The van der Waals surface area contributed by atoms with E-state index in [9.17, 15) is 9.59 Å². The third kappa shape index (κ3) is 3.13. The summed E-state index contributed by atoms with van der Waals surface area (Å²) in [6.45, 7) is 1.80. The zero-order valence-electron chi connectivity index (χ0n) is 13.5. The van der Waals surface area contributed by atoms with Crippen LogP contribution < -0.4 is 0 Å². The zero-order chi connectivity index (χ0) is 17.2. The Bertz CT molecular complexity index is 573. The normalized spacial score (nSPS) is 24.0. The molecule has 1 fully saturated rings. The van der Waals surface area contributed by atoms with Crippen LogP contribution in [0.4, 0.5) is 0 Å². The summed E-state index contributed by atoms with van der Waals surface area (Å²) >= 11 is 3.38. The lowest BCUT2D eigenvalue weighted by Gasteiger charge is -2.46. The van der Waals surface area contributed by atoms with Gasteiger partial charge in [0.1, 0.15) is 0 Å². The molecule has 0 aromatic heterocycles. The SMILES string of the molecule is COC(=O)C1(C(=O)OC)CC(C)ON(C)[C@@H]1c1ccc(Br)cc1. The van der Waals surface area contributed by atoms with Crippen molar-refractivity contribution in [2.45, 2.75) is 25.5 Å². The Morgan fingerprint density at radius 3 is 2.22 bits per heavy atom. The quantitative estimate of drug-likeness (QED) is 0.588. The monoisotopic (exact) mass is 385 g/mol. The average molecular weight is 386 g/mol. The van der Waals surface area contributed by atoms with E-state index in [4.69, 9.17) is 14.3 Å². The van der Waals surface area contributed by atoms with Gasteiger partial charge in [-0.15, -0.1) is 0 Å². The molecule has 2 atom stereocenters. The van der Waals surface area contributed by atoms with Crippen LogP contribution in [0.2, 0.25) is 0 Å². The van der Waals surface area contributed by atoms with Gasteiger partial charge < -0.3 is 9.47 Å². The fourth-order valence-corrected chi connectivity index (χ4v) is 3.50. The second-order valence-corrected chi connectivity index (χ2v) is 6.49. The summed E-state index contributed by atoms with van der Waals surface area (Å²) in [5, 5.41) is 1.53. The van der Waals surface area contributed by atoms with Crippen LogP contribution in [0, 0.1) is 5.41 Å². The molecule has 2 rings (SSSR count). The van der Waals surface area contributed by atoms with Crippen molar-refractivity contribution >= 4 is 27.9 Å². The van der Waals surface area contributed by atoms with Gasteiger partial charge in [-0.25, -0.2) is 0 Å². The Hall–Kier alpha value is -1.44. The number of halogens is 1. The molecule has 1 aromatic rings. The van der Waals surface area contributed by atoms with Crippen LogP contribution in [0.5, 0.6) is 0 Å². The van der Waals surface area contributed by atoms with Crippen LogP contribution in [0.3, 0.4) is 0 Å². The highest BCUT2D eigenvalue weighted by atomic mass is 79.9. The molecular formula is C16H20BrNO5. The summed E-state index contributed by atoms with van der Waals surface area (Å²) < 4.78 is 10.8. The number of hydrogen-bond donors (Lipinski definition) is 0. The summed E-state index contributed by atoms with van der Waals surface area (Å²) in [4.78, 5) is 31.0. The summed E-state index contributed by atoms with van der Waals surface area (Å²) in [6.07, 6.45) is -0.151. The van der Waals surface area contributed by atoms with Gasteiger partial charge in [-0.2, -0.15) is 5.06 Å². The van der Waals surface area contributed by atoms with E-state index in [-0.39, 0.29) is 12.5 Å². The molecule has 0 amide bonds. The maximum Gasteiger partial charge on any atom is 0.325 e. The molecule has 6 nitrogen and oxygen atoms in total. The van der Waals surface area contributed by atoms with Gasteiger partial charge in [0, 0.05) is 17.9 Å². The average Bonchev–Trinajstić information content (AvgIpc) is 2.53. The fraction of sp³-hybridized carbons (Fsp3) is 0.500. The predicted molar refractivity (Wildman–Crippen MR) is 86.3 cm³/mol. The fourth-order valence-electron chi connectivity index (χ4n) is 3.23. The number of methoxy groups -OCH3 is 2. The third-order valence-electron chi connectivity index (χ3n) is 4.07. The van der Waals surface area contributed by atoms with E-state index in [2.05, 4.69) is 15.9 Å². The van der Waals surface area contributed by atoms with Gasteiger partial charge >= 0.3 is 11.9 Å². The highest BCUT2D eigenvalue weighted by Crippen LogP contribution is 2.48. The van der Waals surface area contributed by atoms with Crippen molar-refractivity contribution in [3.63, 3.8) is 0 Å². The minimum atomic E-state index is -1.48. The molecular weight excluding hydrogens is 366 g/mol. The Balaban J connectivity index is 2.62. The van der Waals surface area contributed by atoms with Gasteiger partial charge in [0.2, 0.25) is 0 Å². The topological polar surface area (TPSA) is 65.1 Å². The van der Waals surface area contributed by atoms with Crippen molar-refractivity contribution in [2.24, 2.45) is 5.41 Å². The molecule has 1 heterocycles. The van der Waals surface area contributed by atoms with Crippen molar-refractivity contribution in [1.82, 2.24) is 5.06 Å². The molecule has 7 heteroatoms. The van der Waals surface area contributed by atoms with E-state index in [1.807, 2.05) is 24.3 Å². The molecule has 126 valence electrons. The first-order valence-corrected chi connectivity index (χ1v) is 7.98. The van der Waals surface area contributed by atoms with Crippen LogP contribution >= 0.6 is 15.9 Å². The minimum Gasteiger partial charge on any atom is -0.468 e. The van der Waals surface area contributed by atoms with E-state index in [1.165, 1.54) is 19.3 Å².